The second-order valence-electron chi connectivity index (χ2n) is 2.57. The summed E-state index contributed by atoms with van der Waals surface area (Å²) in [4.78, 5) is 3.96. The Bertz CT molecular complexity index is 426. The van der Waals surface area contributed by atoms with Gasteiger partial charge in [0.15, 0.2) is 0 Å². The Kier molecular flexibility index (Phi) is 1.62. The second-order valence-corrected chi connectivity index (χ2v) is 2.98. The first-order valence-corrected chi connectivity index (χ1v) is 3.95. The molecular weight excluding hydrogens is 172 g/mol. The van der Waals surface area contributed by atoms with Crippen molar-refractivity contribution < 1.29 is 0 Å². The predicted octanol–water partition coefficient (Wildman–Crippen LogP) is 2.47. The van der Waals surface area contributed by atoms with Gasteiger partial charge in [-0.15, -0.1) is 0 Å². The zero-order valence-electron chi connectivity index (χ0n) is 6.29. The molecule has 0 aliphatic carbocycles. The van der Waals surface area contributed by atoms with Crippen molar-refractivity contribution in [1.29, 1.82) is 0 Å². The van der Waals surface area contributed by atoms with Crippen LogP contribution < -0.4 is 5.73 Å². The number of nitrogen functional groups attached to an aromatic ring is 1. The summed E-state index contributed by atoms with van der Waals surface area (Å²) in [5.74, 6) is 0.518. The zero-order valence-corrected chi connectivity index (χ0v) is 7.05. The number of fused-ring (bicyclic) bond motifs is 1. The van der Waals surface area contributed by atoms with Gasteiger partial charge in [0.05, 0.1) is 0 Å². The van der Waals surface area contributed by atoms with E-state index in [1.165, 1.54) is 0 Å². The van der Waals surface area contributed by atoms with Crippen LogP contribution in [0.5, 0.6) is 0 Å². The molecule has 1 aromatic carbocycles. The van der Waals surface area contributed by atoms with Crippen LogP contribution in [-0.4, -0.2) is 4.98 Å². The van der Waals surface area contributed by atoms with Gasteiger partial charge in [-0.1, -0.05) is 23.7 Å². The number of pyridine rings is 1. The summed E-state index contributed by atoms with van der Waals surface area (Å²) in [7, 11) is 0. The Morgan fingerprint density at radius 1 is 1.33 bits per heavy atom. The van der Waals surface area contributed by atoms with E-state index < -0.39 is 0 Å². The smallest absolute Gasteiger partial charge is 0.123 e. The highest BCUT2D eigenvalue weighted by molar-refractivity contribution is 6.35. The van der Waals surface area contributed by atoms with Crippen molar-refractivity contribution in [3.63, 3.8) is 0 Å². The maximum absolute atomic E-state index is 5.93. The van der Waals surface area contributed by atoms with Crippen molar-refractivity contribution in [1.82, 2.24) is 4.98 Å². The highest BCUT2D eigenvalue weighted by Gasteiger charge is 1.97. The molecule has 12 heavy (non-hydrogen) atoms. The van der Waals surface area contributed by atoms with Crippen LogP contribution >= 0.6 is 11.6 Å². The number of anilines is 1. The lowest BCUT2D eigenvalue weighted by Crippen LogP contribution is -1.88. The number of nitrogens with two attached hydrogens (primary N) is 1. The standard InChI is InChI=1S/C9H7ClN2/c10-8-3-1-2-6-4-9(11)12-5-7(6)8/h1-5H,(H2,11,12). The normalized spacial score (nSPS) is 10.4. The lowest BCUT2D eigenvalue weighted by atomic mass is 10.2. The molecule has 2 nitrogen and oxygen atoms in total. The average Bonchev–Trinajstić information content (AvgIpc) is 2.04. The first-order valence-electron chi connectivity index (χ1n) is 3.57. The predicted molar refractivity (Wildman–Crippen MR) is 51.2 cm³/mol. The molecule has 2 rings (SSSR count). The number of halogens is 1. The molecule has 0 radical (unpaired) electrons. The molecule has 0 fully saturated rings. The molecule has 0 unspecified atom stereocenters. The molecule has 0 spiro atoms. The molecule has 2 aromatic rings. The first kappa shape index (κ1) is 7.37. The summed E-state index contributed by atoms with van der Waals surface area (Å²) in [6.07, 6.45) is 1.69. The van der Waals surface area contributed by atoms with Crippen LogP contribution in [0.4, 0.5) is 5.82 Å². The van der Waals surface area contributed by atoms with Crippen LogP contribution in [0.15, 0.2) is 30.5 Å². The van der Waals surface area contributed by atoms with Gasteiger partial charge in [0.1, 0.15) is 5.82 Å². The van der Waals surface area contributed by atoms with E-state index in [-0.39, 0.29) is 0 Å². The van der Waals surface area contributed by atoms with E-state index in [9.17, 15) is 0 Å². The highest BCUT2D eigenvalue weighted by atomic mass is 35.5. The van der Waals surface area contributed by atoms with Crippen molar-refractivity contribution >= 4 is 28.2 Å². The molecule has 0 aliphatic rings. The number of benzene rings is 1. The zero-order chi connectivity index (χ0) is 8.55. The molecule has 60 valence electrons. The third-order valence-corrected chi connectivity index (χ3v) is 2.06. The number of aromatic nitrogens is 1. The van der Waals surface area contributed by atoms with E-state index in [1.807, 2.05) is 18.2 Å². The van der Waals surface area contributed by atoms with Crippen molar-refractivity contribution in [2.75, 3.05) is 5.73 Å². The van der Waals surface area contributed by atoms with Crippen LogP contribution in [0.25, 0.3) is 10.8 Å². The van der Waals surface area contributed by atoms with Crippen LogP contribution in [0.1, 0.15) is 0 Å². The van der Waals surface area contributed by atoms with Gasteiger partial charge in [-0.3, -0.25) is 0 Å². The van der Waals surface area contributed by atoms with E-state index in [0.29, 0.717) is 10.8 Å². The SMILES string of the molecule is Nc1cc2cccc(Cl)c2cn1. The monoisotopic (exact) mass is 178 g/mol. The molecule has 0 bridgehead atoms. The topological polar surface area (TPSA) is 38.9 Å². The Labute approximate surface area is 75.0 Å². The highest BCUT2D eigenvalue weighted by Crippen LogP contribution is 2.22. The summed E-state index contributed by atoms with van der Waals surface area (Å²) in [6, 6.07) is 7.49. The molecule has 1 heterocycles. The minimum atomic E-state index is 0.518. The fourth-order valence-electron chi connectivity index (χ4n) is 1.15. The van der Waals surface area contributed by atoms with Gasteiger partial charge in [0.2, 0.25) is 0 Å². The molecule has 2 N–H and O–H groups in total. The van der Waals surface area contributed by atoms with E-state index in [4.69, 9.17) is 17.3 Å². The molecule has 0 aliphatic heterocycles. The molecule has 0 saturated carbocycles. The Morgan fingerprint density at radius 3 is 3.00 bits per heavy atom. The number of hydrogen-bond donors (Lipinski definition) is 1. The molecular formula is C9H7ClN2. The third-order valence-electron chi connectivity index (χ3n) is 1.73. The Hall–Kier alpha value is -1.28. The maximum atomic E-state index is 5.93. The minimum absolute atomic E-state index is 0.518. The summed E-state index contributed by atoms with van der Waals surface area (Å²) in [5, 5.41) is 2.67. The van der Waals surface area contributed by atoms with Gasteiger partial charge in [-0.2, -0.15) is 0 Å². The van der Waals surface area contributed by atoms with E-state index in [2.05, 4.69) is 4.98 Å². The van der Waals surface area contributed by atoms with Gasteiger partial charge in [0, 0.05) is 16.6 Å². The van der Waals surface area contributed by atoms with Crippen molar-refractivity contribution in [2.24, 2.45) is 0 Å². The third kappa shape index (κ3) is 1.10. The second kappa shape index (κ2) is 2.64. The fourth-order valence-corrected chi connectivity index (χ4v) is 1.38. The van der Waals surface area contributed by atoms with E-state index >= 15 is 0 Å². The summed E-state index contributed by atoms with van der Waals surface area (Å²) in [6.45, 7) is 0. The van der Waals surface area contributed by atoms with Gasteiger partial charge in [-0.25, -0.2) is 4.98 Å². The Balaban J connectivity index is 2.86. The van der Waals surface area contributed by atoms with Gasteiger partial charge in [0.25, 0.3) is 0 Å². The van der Waals surface area contributed by atoms with Gasteiger partial charge in [-0.05, 0) is 17.5 Å². The molecule has 3 heteroatoms. The van der Waals surface area contributed by atoms with Crippen molar-refractivity contribution in [3.8, 4) is 0 Å². The van der Waals surface area contributed by atoms with Gasteiger partial charge < -0.3 is 5.73 Å². The molecule has 0 atom stereocenters. The largest absolute Gasteiger partial charge is 0.384 e. The quantitative estimate of drug-likeness (QED) is 0.673. The minimum Gasteiger partial charge on any atom is -0.384 e. The molecule has 0 amide bonds. The van der Waals surface area contributed by atoms with Gasteiger partial charge >= 0.3 is 0 Å². The molecule has 0 saturated heterocycles. The maximum Gasteiger partial charge on any atom is 0.123 e. The van der Waals surface area contributed by atoms with Crippen molar-refractivity contribution in [3.05, 3.63) is 35.5 Å². The fraction of sp³-hybridized carbons (Fsp3) is 0. The van der Waals surface area contributed by atoms with Crippen molar-refractivity contribution in [2.45, 2.75) is 0 Å². The summed E-state index contributed by atoms with van der Waals surface area (Å²) in [5.41, 5.74) is 5.52. The lowest BCUT2D eigenvalue weighted by molar-refractivity contribution is 1.37. The van der Waals surface area contributed by atoms with Crippen LogP contribution in [0.2, 0.25) is 5.02 Å². The first-order chi connectivity index (χ1) is 5.77. The van der Waals surface area contributed by atoms with E-state index in [1.54, 1.807) is 12.3 Å². The Morgan fingerprint density at radius 2 is 2.17 bits per heavy atom. The lowest BCUT2D eigenvalue weighted by Gasteiger charge is -1.99. The number of rotatable bonds is 0. The molecule has 1 aromatic heterocycles. The van der Waals surface area contributed by atoms with Crippen LogP contribution in [-0.2, 0) is 0 Å². The number of nitrogens with zero attached hydrogens (tertiary/aromatic N) is 1. The van der Waals surface area contributed by atoms with Crippen LogP contribution in [0.3, 0.4) is 0 Å². The van der Waals surface area contributed by atoms with E-state index in [0.717, 1.165) is 10.8 Å². The number of hydrogen-bond acceptors (Lipinski definition) is 2. The summed E-state index contributed by atoms with van der Waals surface area (Å²) >= 11 is 5.93. The van der Waals surface area contributed by atoms with Crippen LogP contribution in [0, 0.1) is 0 Å². The average molecular weight is 179 g/mol. The summed E-state index contributed by atoms with van der Waals surface area (Å²) < 4.78 is 0.